The van der Waals surface area contributed by atoms with Crippen LogP contribution in [0.5, 0.6) is 0 Å². The van der Waals surface area contributed by atoms with Crippen molar-refractivity contribution >= 4 is 6.21 Å². The van der Waals surface area contributed by atoms with Crippen LogP contribution in [0.25, 0.3) is 0 Å². The van der Waals surface area contributed by atoms with Gasteiger partial charge in [-0.05, 0) is 37.3 Å². The summed E-state index contributed by atoms with van der Waals surface area (Å²) in [5.74, 6) is 7.46. The van der Waals surface area contributed by atoms with Gasteiger partial charge < -0.3 is 15.6 Å². The van der Waals surface area contributed by atoms with E-state index in [1.807, 2.05) is 26.1 Å². The molecule has 0 bridgehead atoms. The number of nitrogens with two attached hydrogens (primary N) is 2. The molecule has 0 saturated carbocycles. The summed E-state index contributed by atoms with van der Waals surface area (Å²) in [5.41, 5.74) is 8.19. The predicted molar refractivity (Wildman–Crippen MR) is 94.7 cm³/mol. The minimum absolute atomic E-state index is 0.525. The molecule has 5 nitrogen and oxygen atoms in total. The van der Waals surface area contributed by atoms with Crippen LogP contribution >= 0.6 is 0 Å². The summed E-state index contributed by atoms with van der Waals surface area (Å²) in [4.78, 5) is 6.68. The highest BCUT2D eigenvalue weighted by atomic mass is 15.4. The quantitative estimate of drug-likeness (QED) is 0.328. The maximum Gasteiger partial charge on any atom is 0.121 e. The molecule has 0 aromatic heterocycles. The molecule has 0 aliphatic carbocycles. The van der Waals surface area contributed by atoms with Gasteiger partial charge in [0.15, 0.2) is 0 Å². The van der Waals surface area contributed by atoms with E-state index in [9.17, 15) is 0 Å². The summed E-state index contributed by atoms with van der Waals surface area (Å²) in [5, 5.41) is 1.53. The number of rotatable bonds is 7. The van der Waals surface area contributed by atoms with Crippen LogP contribution < -0.4 is 11.6 Å². The van der Waals surface area contributed by atoms with E-state index in [4.69, 9.17) is 11.6 Å². The van der Waals surface area contributed by atoms with E-state index in [0.29, 0.717) is 18.2 Å². The summed E-state index contributed by atoms with van der Waals surface area (Å²) in [6.07, 6.45) is 6.67. The number of likely N-dealkylation sites (tertiary alicyclic amines) is 1. The smallest absolute Gasteiger partial charge is 0.121 e. The van der Waals surface area contributed by atoms with Gasteiger partial charge in [0.1, 0.15) is 5.82 Å². The third-order valence-corrected chi connectivity index (χ3v) is 3.70. The van der Waals surface area contributed by atoms with Crippen molar-refractivity contribution in [2.24, 2.45) is 22.5 Å². The highest BCUT2D eigenvalue weighted by Crippen LogP contribution is 2.19. The monoisotopic (exact) mass is 303 g/mol. The van der Waals surface area contributed by atoms with Crippen LogP contribution in [0.4, 0.5) is 0 Å². The topological polar surface area (TPSA) is 70.9 Å². The molecule has 0 aromatic carbocycles. The van der Waals surface area contributed by atoms with Crippen LogP contribution in [-0.4, -0.2) is 35.8 Å². The van der Waals surface area contributed by atoms with Gasteiger partial charge >= 0.3 is 0 Å². The van der Waals surface area contributed by atoms with Gasteiger partial charge in [0, 0.05) is 25.5 Å². The van der Waals surface area contributed by atoms with Crippen molar-refractivity contribution in [3.8, 4) is 0 Å². The molecule has 1 aliphatic rings. The molecule has 5 heteroatoms. The molecule has 1 rings (SSSR count). The Morgan fingerprint density at radius 3 is 2.64 bits per heavy atom. The minimum Gasteiger partial charge on any atom is -0.397 e. The van der Waals surface area contributed by atoms with Crippen LogP contribution in [0.15, 0.2) is 53.1 Å². The molecule has 1 unspecified atom stereocenters. The lowest BCUT2D eigenvalue weighted by atomic mass is 10.2. The molecule has 1 saturated heterocycles. The van der Waals surface area contributed by atoms with Crippen molar-refractivity contribution < 1.29 is 0 Å². The minimum atomic E-state index is 0.525. The maximum atomic E-state index is 5.94. The van der Waals surface area contributed by atoms with Crippen molar-refractivity contribution in [1.82, 2.24) is 9.91 Å². The average Bonchev–Trinajstić information content (AvgIpc) is 2.89. The van der Waals surface area contributed by atoms with Gasteiger partial charge in [-0.3, -0.25) is 0 Å². The molecule has 0 spiro atoms. The molecule has 1 atom stereocenters. The summed E-state index contributed by atoms with van der Waals surface area (Å²) in [7, 11) is 0. The number of hydrazine groups is 1. The molecule has 1 heterocycles. The first kappa shape index (κ1) is 18.0. The van der Waals surface area contributed by atoms with Crippen LogP contribution in [0.2, 0.25) is 0 Å². The highest BCUT2D eigenvalue weighted by molar-refractivity contribution is 5.79. The zero-order valence-corrected chi connectivity index (χ0v) is 14.0. The maximum absolute atomic E-state index is 5.94. The molecule has 4 N–H and O–H groups in total. The largest absolute Gasteiger partial charge is 0.397 e. The molecular weight excluding hydrogens is 274 g/mol. The second kappa shape index (κ2) is 8.44. The SMILES string of the molecule is C=C(C)/C(N)=C/N(N)CC(/C=N\C(=C)N1CCC(C)C1)=C/C. The standard InChI is InChI=1S/C17H29N5/c1-6-16(11-22(19)12-17(18)13(2)3)9-20-15(5)21-8-7-14(4)10-21/h6,9,12,14H,2,5,7-8,10-11,18-19H2,1,3-4H3/b16-6+,17-12-,20-9-. The molecule has 0 aromatic rings. The average molecular weight is 303 g/mol. The first-order valence-electron chi connectivity index (χ1n) is 7.61. The van der Waals surface area contributed by atoms with E-state index in [2.05, 4.69) is 30.0 Å². The number of hydrogen-bond donors (Lipinski definition) is 2. The molecule has 1 fully saturated rings. The third kappa shape index (κ3) is 5.77. The van der Waals surface area contributed by atoms with Gasteiger partial charge in [0.05, 0.1) is 12.2 Å². The first-order chi connectivity index (χ1) is 10.3. The van der Waals surface area contributed by atoms with Crippen LogP contribution in [-0.2, 0) is 0 Å². The van der Waals surface area contributed by atoms with Crippen LogP contribution in [0, 0.1) is 5.92 Å². The number of allylic oxidation sites excluding steroid dienone is 2. The molecule has 1 aliphatic heterocycles. The second-order valence-electron chi connectivity index (χ2n) is 5.91. The van der Waals surface area contributed by atoms with Crippen molar-refractivity contribution in [3.05, 3.63) is 48.1 Å². The fourth-order valence-corrected chi connectivity index (χ4v) is 2.16. The zero-order chi connectivity index (χ0) is 16.7. The lowest BCUT2D eigenvalue weighted by Crippen LogP contribution is -2.29. The normalized spacial score (nSPS) is 19.8. The summed E-state index contributed by atoms with van der Waals surface area (Å²) in [6.45, 7) is 16.5. The lowest BCUT2D eigenvalue weighted by molar-refractivity contribution is 0.408. The number of hydrogen-bond acceptors (Lipinski definition) is 5. The Hall–Kier alpha value is -2.01. The van der Waals surface area contributed by atoms with Gasteiger partial charge in [0.2, 0.25) is 0 Å². The van der Waals surface area contributed by atoms with E-state index in [1.54, 1.807) is 6.20 Å². The Labute approximate surface area is 134 Å². The Kier molecular flexibility index (Phi) is 6.92. The molecule has 0 radical (unpaired) electrons. The third-order valence-electron chi connectivity index (χ3n) is 3.70. The van der Waals surface area contributed by atoms with Gasteiger partial charge in [-0.15, -0.1) is 0 Å². The van der Waals surface area contributed by atoms with Gasteiger partial charge in [0.25, 0.3) is 0 Å². The molecule has 0 amide bonds. The molecule has 22 heavy (non-hydrogen) atoms. The van der Waals surface area contributed by atoms with Gasteiger partial charge in [-0.2, -0.15) is 0 Å². The van der Waals surface area contributed by atoms with Crippen molar-refractivity contribution in [1.29, 1.82) is 0 Å². The predicted octanol–water partition coefficient (Wildman–Crippen LogP) is 2.37. The zero-order valence-electron chi connectivity index (χ0n) is 14.0. The van der Waals surface area contributed by atoms with E-state index in [0.717, 1.165) is 30.1 Å². The van der Waals surface area contributed by atoms with E-state index in [-0.39, 0.29) is 0 Å². The van der Waals surface area contributed by atoms with E-state index < -0.39 is 0 Å². The number of aliphatic imine (C=N–C) groups is 1. The van der Waals surface area contributed by atoms with Crippen molar-refractivity contribution in [2.45, 2.75) is 27.2 Å². The van der Waals surface area contributed by atoms with E-state index >= 15 is 0 Å². The molecule has 122 valence electrons. The van der Waals surface area contributed by atoms with Gasteiger partial charge in [-0.1, -0.05) is 26.2 Å². The van der Waals surface area contributed by atoms with Crippen LogP contribution in [0.1, 0.15) is 27.2 Å². The summed E-state index contributed by atoms with van der Waals surface area (Å²) in [6, 6.07) is 0. The Bertz CT molecular complexity index is 501. The Morgan fingerprint density at radius 2 is 2.14 bits per heavy atom. The lowest BCUT2D eigenvalue weighted by Gasteiger charge is -2.18. The summed E-state index contributed by atoms with van der Waals surface area (Å²) < 4.78 is 0. The second-order valence-corrected chi connectivity index (χ2v) is 5.91. The Morgan fingerprint density at radius 1 is 1.45 bits per heavy atom. The van der Waals surface area contributed by atoms with Crippen molar-refractivity contribution in [3.63, 3.8) is 0 Å². The van der Waals surface area contributed by atoms with Crippen LogP contribution in [0.3, 0.4) is 0 Å². The molecular formula is C17H29N5. The summed E-state index contributed by atoms with van der Waals surface area (Å²) >= 11 is 0. The van der Waals surface area contributed by atoms with Gasteiger partial charge in [-0.25, -0.2) is 10.8 Å². The fourth-order valence-electron chi connectivity index (χ4n) is 2.16. The first-order valence-corrected chi connectivity index (χ1v) is 7.61. The fraction of sp³-hybridized carbons (Fsp3) is 0.471. The highest BCUT2D eigenvalue weighted by Gasteiger charge is 2.18. The number of nitrogens with zero attached hydrogens (tertiary/aromatic N) is 3. The van der Waals surface area contributed by atoms with Crippen molar-refractivity contribution in [2.75, 3.05) is 19.6 Å². The van der Waals surface area contributed by atoms with E-state index in [1.165, 1.54) is 11.4 Å². The Balaban J connectivity index is 2.58.